The van der Waals surface area contributed by atoms with Crippen LogP contribution < -0.4 is 0 Å². The first kappa shape index (κ1) is 13.5. The summed E-state index contributed by atoms with van der Waals surface area (Å²) >= 11 is 0. The number of hydrogen-bond acceptors (Lipinski definition) is 4. The summed E-state index contributed by atoms with van der Waals surface area (Å²) in [5.41, 5.74) is 0. The van der Waals surface area contributed by atoms with Crippen molar-refractivity contribution in [3.05, 3.63) is 12.4 Å². The van der Waals surface area contributed by atoms with E-state index in [9.17, 15) is 8.42 Å². The average molecular weight is 273 g/mol. The fourth-order valence-corrected chi connectivity index (χ4v) is 3.72. The van der Waals surface area contributed by atoms with Crippen molar-refractivity contribution >= 4 is 10.0 Å². The maximum absolute atomic E-state index is 12.4. The van der Waals surface area contributed by atoms with E-state index >= 15 is 0 Å². The highest BCUT2D eigenvalue weighted by molar-refractivity contribution is 7.89. The normalized spacial score (nSPS) is 25.7. The Labute approximate surface area is 107 Å². The lowest BCUT2D eigenvalue weighted by molar-refractivity contribution is 0.269. The molecule has 0 spiro atoms. The van der Waals surface area contributed by atoms with Crippen molar-refractivity contribution in [1.29, 1.82) is 0 Å². The Bertz CT molecular complexity index is 501. The average Bonchev–Trinajstić information content (AvgIpc) is 2.88. The maximum Gasteiger partial charge on any atom is 0.246 e. The molecule has 7 heteroatoms. The highest BCUT2D eigenvalue weighted by atomic mass is 32.2. The number of aliphatic hydroxyl groups is 1. The number of sulfonamides is 1. The summed E-state index contributed by atoms with van der Waals surface area (Å²) in [6, 6.07) is 0. The summed E-state index contributed by atoms with van der Waals surface area (Å²) in [6.45, 7) is 5.51. The first-order chi connectivity index (χ1) is 8.45. The van der Waals surface area contributed by atoms with Crippen molar-refractivity contribution in [3.8, 4) is 0 Å². The minimum atomic E-state index is -3.43. The van der Waals surface area contributed by atoms with Crippen LogP contribution in [0.15, 0.2) is 17.3 Å². The van der Waals surface area contributed by atoms with Gasteiger partial charge in [0.2, 0.25) is 10.0 Å². The minimum absolute atomic E-state index is 0.0566. The quantitative estimate of drug-likeness (QED) is 0.847. The predicted molar refractivity (Wildman–Crippen MR) is 66.4 cm³/mol. The van der Waals surface area contributed by atoms with Crippen LogP contribution in [0.5, 0.6) is 0 Å². The summed E-state index contributed by atoms with van der Waals surface area (Å²) in [7, 11) is -3.43. The molecule has 2 unspecified atom stereocenters. The Hall–Kier alpha value is -0.920. The zero-order chi connectivity index (χ0) is 13.3. The van der Waals surface area contributed by atoms with E-state index in [1.165, 1.54) is 21.4 Å². The molecule has 2 atom stereocenters. The van der Waals surface area contributed by atoms with Crippen LogP contribution in [-0.2, 0) is 16.6 Å². The third-order valence-corrected chi connectivity index (χ3v) is 5.32. The summed E-state index contributed by atoms with van der Waals surface area (Å²) in [5.74, 6) is 0.763. The molecule has 0 saturated carbocycles. The summed E-state index contributed by atoms with van der Waals surface area (Å²) < 4.78 is 27.7. The van der Waals surface area contributed by atoms with Gasteiger partial charge < -0.3 is 5.11 Å². The van der Waals surface area contributed by atoms with Gasteiger partial charge in [0.15, 0.2) is 0 Å². The molecule has 0 amide bonds. The van der Waals surface area contributed by atoms with Crippen LogP contribution >= 0.6 is 0 Å². The van der Waals surface area contributed by atoms with Gasteiger partial charge in [-0.1, -0.05) is 13.8 Å². The fraction of sp³-hybridized carbons (Fsp3) is 0.727. The lowest BCUT2D eigenvalue weighted by Crippen LogP contribution is -2.28. The van der Waals surface area contributed by atoms with E-state index in [0.717, 1.165) is 0 Å². The van der Waals surface area contributed by atoms with Gasteiger partial charge in [0, 0.05) is 19.3 Å². The van der Waals surface area contributed by atoms with Crippen LogP contribution in [0.25, 0.3) is 0 Å². The number of aromatic nitrogens is 2. The van der Waals surface area contributed by atoms with Gasteiger partial charge >= 0.3 is 0 Å². The molecule has 1 N–H and O–H groups in total. The van der Waals surface area contributed by atoms with Crippen molar-refractivity contribution in [3.63, 3.8) is 0 Å². The Morgan fingerprint density at radius 3 is 2.56 bits per heavy atom. The van der Waals surface area contributed by atoms with Gasteiger partial charge in [0.25, 0.3) is 0 Å². The number of nitrogens with zero attached hydrogens (tertiary/aromatic N) is 3. The molecule has 0 bridgehead atoms. The second-order valence-electron chi connectivity index (χ2n) is 4.94. The minimum Gasteiger partial charge on any atom is -0.394 e. The molecule has 1 aromatic rings. The zero-order valence-electron chi connectivity index (χ0n) is 10.7. The van der Waals surface area contributed by atoms with Crippen molar-refractivity contribution in [2.24, 2.45) is 11.8 Å². The van der Waals surface area contributed by atoms with Gasteiger partial charge in [-0.05, 0) is 11.8 Å². The van der Waals surface area contributed by atoms with E-state index in [0.29, 0.717) is 31.5 Å². The number of aliphatic hydroxyl groups excluding tert-OH is 1. The molecule has 102 valence electrons. The zero-order valence-corrected chi connectivity index (χ0v) is 11.5. The van der Waals surface area contributed by atoms with E-state index in [1.54, 1.807) is 0 Å². The van der Waals surface area contributed by atoms with E-state index in [2.05, 4.69) is 18.9 Å². The third-order valence-electron chi connectivity index (χ3n) is 3.53. The van der Waals surface area contributed by atoms with Crippen LogP contribution in [0.4, 0.5) is 0 Å². The largest absolute Gasteiger partial charge is 0.394 e. The van der Waals surface area contributed by atoms with Crippen molar-refractivity contribution < 1.29 is 13.5 Å². The molecule has 2 rings (SSSR count). The second-order valence-corrected chi connectivity index (χ2v) is 6.88. The topological polar surface area (TPSA) is 75.4 Å². The van der Waals surface area contributed by atoms with E-state index in [1.807, 2.05) is 0 Å². The van der Waals surface area contributed by atoms with Gasteiger partial charge in [-0.2, -0.15) is 9.40 Å². The van der Waals surface area contributed by atoms with Gasteiger partial charge in [-0.25, -0.2) is 8.42 Å². The van der Waals surface area contributed by atoms with Crippen LogP contribution in [0.3, 0.4) is 0 Å². The Morgan fingerprint density at radius 1 is 1.39 bits per heavy atom. The molecule has 2 heterocycles. The van der Waals surface area contributed by atoms with Crippen LogP contribution in [0, 0.1) is 11.8 Å². The van der Waals surface area contributed by atoms with Crippen molar-refractivity contribution in [2.75, 3.05) is 19.7 Å². The summed E-state index contributed by atoms with van der Waals surface area (Å²) in [6.07, 6.45) is 2.82. The Morgan fingerprint density at radius 2 is 2.00 bits per heavy atom. The van der Waals surface area contributed by atoms with Crippen LogP contribution in [0.1, 0.15) is 13.8 Å². The molecule has 0 aliphatic carbocycles. The molecule has 1 aliphatic heterocycles. The SMILES string of the molecule is CC1CN(S(=O)(=O)c2cnn(CCO)c2)CC1C. The molecular weight excluding hydrogens is 254 g/mol. The van der Waals surface area contributed by atoms with Crippen molar-refractivity contribution in [1.82, 2.24) is 14.1 Å². The Kier molecular flexibility index (Phi) is 3.74. The molecule has 0 aromatic carbocycles. The summed E-state index contributed by atoms with van der Waals surface area (Å²) in [4.78, 5) is 0.206. The third kappa shape index (κ3) is 2.43. The molecule has 1 fully saturated rings. The summed E-state index contributed by atoms with van der Waals surface area (Å²) in [5, 5.41) is 12.7. The number of rotatable bonds is 4. The number of hydrogen-bond donors (Lipinski definition) is 1. The van der Waals surface area contributed by atoms with Crippen molar-refractivity contribution in [2.45, 2.75) is 25.3 Å². The van der Waals surface area contributed by atoms with E-state index in [4.69, 9.17) is 5.11 Å². The second kappa shape index (κ2) is 4.99. The molecule has 1 aliphatic rings. The lowest BCUT2D eigenvalue weighted by Gasteiger charge is -2.14. The van der Waals surface area contributed by atoms with Gasteiger partial charge in [0.1, 0.15) is 4.90 Å². The van der Waals surface area contributed by atoms with E-state index in [-0.39, 0.29) is 11.5 Å². The van der Waals surface area contributed by atoms with Gasteiger partial charge in [-0.3, -0.25) is 4.68 Å². The Balaban J connectivity index is 2.20. The molecule has 0 radical (unpaired) electrons. The lowest BCUT2D eigenvalue weighted by atomic mass is 10.0. The monoisotopic (exact) mass is 273 g/mol. The molecule has 6 nitrogen and oxygen atoms in total. The molecule has 1 saturated heterocycles. The fourth-order valence-electron chi connectivity index (χ4n) is 2.12. The molecule has 1 aromatic heterocycles. The van der Waals surface area contributed by atoms with Crippen LogP contribution in [0.2, 0.25) is 0 Å². The van der Waals surface area contributed by atoms with Gasteiger partial charge in [0.05, 0.1) is 19.3 Å². The smallest absolute Gasteiger partial charge is 0.246 e. The standard InChI is InChI=1S/C11H19N3O3S/c1-9-6-14(7-10(9)2)18(16,17)11-5-12-13(8-11)3-4-15/h5,8-10,15H,3-4,6-7H2,1-2H3. The van der Waals surface area contributed by atoms with E-state index < -0.39 is 10.0 Å². The predicted octanol–water partition coefficient (Wildman–Crippen LogP) is 0.152. The molecular formula is C11H19N3O3S. The first-order valence-electron chi connectivity index (χ1n) is 6.08. The highest BCUT2D eigenvalue weighted by Crippen LogP contribution is 2.27. The first-order valence-corrected chi connectivity index (χ1v) is 7.52. The van der Waals surface area contributed by atoms with Gasteiger partial charge in [-0.15, -0.1) is 0 Å². The maximum atomic E-state index is 12.4. The highest BCUT2D eigenvalue weighted by Gasteiger charge is 2.35. The molecule has 18 heavy (non-hydrogen) atoms. The van der Waals surface area contributed by atoms with Crippen LogP contribution in [-0.4, -0.2) is 47.3 Å².